The molecular formula is C20H22Cl2N4OS2. The molecule has 0 bridgehead atoms. The number of amides is 1. The number of halogens is 2. The Balaban J connectivity index is 1.73. The molecule has 0 saturated carbocycles. The Morgan fingerprint density at radius 2 is 1.83 bits per heavy atom. The molecule has 1 N–H and O–H groups in total. The van der Waals surface area contributed by atoms with E-state index < -0.39 is 0 Å². The van der Waals surface area contributed by atoms with E-state index in [0.29, 0.717) is 26.8 Å². The smallest absolute Gasteiger partial charge is 0.234 e. The normalized spacial score (nSPS) is 11.4. The molecule has 0 aliphatic rings. The number of aromatic nitrogens is 3. The number of carbonyl (C=O) groups excluding carboxylic acids is 1. The van der Waals surface area contributed by atoms with Gasteiger partial charge in [0.15, 0.2) is 11.0 Å². The minimum atomic E-state index is -0.161. The molecule has 0 unspecified atom stereocenters. The van der Waals surface area contributed by atoms with Crippen molar-refractivity contribution in [2.45, 2.75) is 44.8 Å². The molecule has 0 atom stereocenters. The van der Waals surface area contributed by atoms with E-state index in [1.54, 1.807) is 29.5 Å². The SMILES string of the molecule is CC(C)c1cc(-c2nnc(SCC(=O)Nc3cc(Cl)cc(Cl)c3)n2C(C)C)cs1. The number of thioether (sulfide) groups is 1. The maximum atomic E-state index is 12.4. The molecule has 2 heterocycles. The summed E-state index contributed by atoms with van der Waals surface area (Å²) in [6.45, 7) is 8.52. The van der Waals surface area contributed by atoms with Crippen LogP contribution in [0.25, 0.3) is 11.4 Å². The van der Waals surface area contributed by atoms with Crippen molar-refractivity contribution < 1.29 is 4.79 Å². The lowest BCUT2D eigenvalue weighted by molar-refractivity contribution is -0.113. The first-order valence-corrected chi connectivity index (χ1v) is 11.8. The van der Waals surface area contributed by atoms with Crippen molar-refractivity contribution in [1.82, 2.24) is 14.8 Å². The number of benzene rings is 1. The maximum Gasteiger partial charge on any atom is 0.234 e. The summed E-state index contributed by atoms with van der Waals surface area (Å²) in [6.07, 6.45) is 0. The fourth-order valence-corrected chi connectivity index (χ4v) is 5.06. The van der Waals surface area contributed by atoms with Gasteiger partial charge >= 0.3 is 0 Å². The van der Waals surface area contributed by atoms with E-state index in [1.807, 2.05) is 0 Å². The average molecular weight is 469 g/mol. The summed E-state index contributed by atoms with van der Waals surface area (Å²) in [6, 6.07) is 7.28. The molecule has 0 fully saturated rings. The lowest BCUT2D eigenvalue weighted by atomic mass is 10.1. The summed E-state index contributed by atoms with van der Waals surface area (Å²) in [5.74, 6) is 1.34. The number of carbonyl (C=O) groups is 1. The molecule has 154 valence electrons. The minimum Gasteiger partial charge on any atom is -0.325 e. The second-order valence-electron chi connectivity index (χ2n) is 7.16. The van der Waals surface area contributed by atoms with Gasteiger partial charge in [0, 0.05) is 37.6 Å². The maximum absolute atomic E-state index is 12.4. The van der Waals surface area contributed by atoms with Gasteiger partial charge in [0.1, 0.15) is 0 Å². The van der Waals surface area contributed by atoms with Crippen LogP contribution in [0.15, 0.2) is 34.8 Å². The van der Waals surface area contributed by atoms with Crippen LogP contribution in [0.3, 0.4) is 0 Å². The van der Waals surface area contributed by atoms with Gasteiger partial charge in [0.2, 0.25) is 5.91 Å². The predicted octanol–water partition coefficient (Wildman–Crippen LogP) is 6.75. The Morgan fingerprint density at radius 3 is 2.41 bits per heavy atom. The lowest BCUT2D eigenvalue weighted by Crippen LogP contribution is -2.15. The molecule has 0 aliphatic heterocycles. The van der Waals surface area contributed by atoms with Gasteiger partial charge in [-0.1, -0.05) is 48.8 Å². The molecule has 0 radical (unpaired) electrons. The quantitative estimate of drug-likeness (QED) is 0.389. The van der Waals surface area contributed by atoms with Crippen molar-refractivity contribution in [1.29, 1.82) is 0 Å². The van der Waals surface area contributed by atoms with Crippen LogP contribution < -0.4 is 5.32 Å². The van der Waals surface area contributed by atoms with Crippen molar-refractivity contribution in [3.05, 3.63) is 44.6 Å². The van der Waals surface area contributed by atoms with Crippen molar-refractivity contribution in [2.24, 2.45) is 0 Å². The van der Waals surface area contributed by atoms with Crippen LogP contribution in [0, 0.1) is 0 Å². The first kappa shape index (κ1) is 22.2. The van der Waals surface area contributed by atoms with Crippen LogP contribution in [0.1, 0.15) is 44.5 Å². The Kier molecular flexibility index (Phi) is 7.27. The Hall–Kier alpha value is -1.54. The molecule has 5 nitrogen and oxygen atoms in total. The zero-order valence-corrected chi connectivity index (χ0v) is 19.7. The van der Waals surface area contributed by atoms with E-state index in [2.05, 4.69) is 59.2 Å². The van der Waals surface area contributed by atoms with Crippen LogP contribution in [-0.2, 0) is 4.79 Å². The van der Waals surface area contributed by atoms with E-state index in [9.17, 15) is 4.79 Å². The highest BCUT2D eigenvalue weighted by atomic mass is 35.5. The van der Waals surface area contributed by atoms with Crippen LogP contribution in [0.2, 0.25) is 10.0 Å². The molecule has 0 spiro atoms. The van der Waals surface area contributed by atoms with Gasteiger partial charge in [-0.25, -0.2) is 0 Å². The summed E-state index contributed by atoms with van der Waals surface area (Å²) in [5, 5.41) is 15.3. The van der Waals surface area contributed by atoms with Gasteiger partial charge in [-0.3, -0.25) is 9.36 Å². The van der Waals surface area contributed by atoms with E-state index in [-0.39, 0.29) is 17.7 Å². The molecule has 3 aromatic rings. The Morgan fingerprint density at radius 1 is 1.14 bits per heavy atom. The van der Waals surface area contributed by atoms with E-state index in [4.69, 9.17) is 23.2 Å². The number of anilines is 1. The van der Waals surface area contributed by atoms with Crippen molar-refractivity contribution >= 4 is 57.9 Å². The molecule has 29 heavy (non-hydrogen) atoms. The second-order valence-corrected chi connectivity index (χ2v) is 9.92. The van der Waals surface area contributed by atoms with Crippen molar-refractivity contribution in [3.63, 3.8) is 0 Å². The Bertz CT molecular complexity index is 994. The Labute approximate surface area is 188 Å². The third-order valence-corrected chi connectivity index (χ3v) is 6.72. The first-order chi connectivity index (χ1) is 13.7. The number of hydrogen-bond acceptors (Lipinski definition) is 5. The number of thiophene rings is 1. The topological polar surface area (TPSA) is 59.8 Å². The zero-order chi connectivity index (χ0) is 21.1. The largest absolute Gasteiger partial charge is 0.325 e. The van der Waals surface area contributed by atoms with Crippen LogP contribution in [0.4, 0.5) is 5.69 Å². The minimum absolute atomic E-state index is 0.161. The van der Waals surface area contributed by atoms with Crippen molar-refractivity contribution in [2.75, 3.05) is 11.1 Å². The van der Waals surface area contributed by atoms with Gasteiger partial charge in [0.05, 0.1) is 5.75 Å². The van der Waals surface area contributed by atoms with Crippen LogP contribution >= 0.6 is 46.3 Å². The van der Waals surface area contributed by atoms with Gasteiger partial charge in [-0.2, -0.15) is 0 Å². The summed E-state index contributed by atoms with van der Waals surface area (Å²) >= 11 is 15.0. The number of hydrogen-bond donors (Lipinski definition) is 1. The molecule has 0 saturated heterocycles. The highest BCUT2D eigenvalue weighted by Crippen LogP contribution is 2.33. The molecule has 3 rings (SSSR count). The fraction of sp³-hybridized carbons (Fsp3) is 0.350. The summed E-state index contributed by atoms with van der Waals surface area (Å²) < 4.78 is 2.07. The molecule has 9 heteroatoms. The van der Waals surface area contributed by atoms with Crippen LogP contribution in [0.5, 0.6) is 0 Å². The molecule has 2 aromatic heterocycles. The average Bonchev–Trinajstić information content (AvgIpc) is 3.26. The summed E-state index contributed by atoms with van der Waals surface area (Å²) in [7, 11) is 0. The standard InChI is InChI=1S/C20H22Cl2N4OS2/c1-11(2)17-5-13(9-28-17)19-24-25-20(26(19)12(3)4)29-10-18(27)23-16-7-14(21)6-15(22)8-16/h5-9,11-12H,10H2,1-4H3,(H,23,27). The third-order valence-electron chi connectivity index (χ3n) is 4.11. The molecular weight excluding hydrogens is 447 g/mol. The summed E-state index contributed by atoms with van der Waals surface area (Å²) in [5.41, 5.74) is 1.63. The predicted molar refractivity (Wildman–Crippen MR) is 124 cm³/mol. The van der Waals surface area contributed by atoms with Gasteiger partial charge in [-0.15, -0.1) is 21.5 Å². The second kappa shape index (κ2) is 9.51. The summed E-state index contributed by atoms with van der Waals surface area (Å²) in [4.78, 5) is 13.7. The van der Waals surface area contributed by atoms with E-state index in [1.165, 1.54) is 16.6 Å². The molecule has 0 aliphatic carbocycles. The van der Waals surface area contributed by atoms with Crippen molar-refractivity contribution in [3.8, 4) is 11.4 Å². The van der Waals surface area contributed by atoms with Gasteiger partial charge in [0.25, 0.3) is 0 Å². The highest BCUT2D eigenvalue weighted by Gasteiger charge is 2.19. The number of nitrogens with one attached hydrogen (secondary N) is 1. The first-order valence-electron chi connectivity index (χ1n) is 9.17. The van der Waals surface area contributed by atoms with Crippen LogP contribution in [-0.4, -0.2) is 26.4 Å². The van der Waals surface area contributed by atoms with E-state index >= 15 is 0 Å². The highest BCUT2D eigenvalue weighted by molar-refractivity contribution is 7.99. The fourth-order valence-electron chi connectivity index (χ4n) is 2.76. The zero-order valence-electron chi connectivity index (χ0n) is 16.6. The number of rotatable bonds is 7. The number of nitrogens with zero attached hydrogens (tertiary/aromatic N) is 3. The van der Waals surface area contributed by atoms with E-state index in [0.717, 1.165) is 11.4 Å². The molecule has 1 aromatic carbocycles. The van der Waals surface area contributed by atoms with Gasteiger partial charge < -0.3 is 5.32 Å². The lowest BCUT2D eigenvalue weighted by Gasteiger charge is -2.13. The van der Waals surface area contributed by atoms with Gasteiger partial charge in [-0.05, 0) is 44.0 Å². The monoisotopic (exact) mass is 468 g/mol. The third kappa shape index (κ3) is 5.54. The molecule has 1 amide bonds.